The second-order valence-electron chi connectivity index (χ2n) is 7.01. The maximum absolute atomic E-state index is 5.76. The Balaban J connectivity index is 1.68. The van der Waals surface area contributed by atoms with Crippen LogP contribution in [-0.4, -0.2) is 27.1 Å². The zero-order valence-electron chi connectivity index (χ0n) is 13.5. The summed E-state index contributed by atoms with van der Waals surface area (Å²) < 4.78 is 5.54. The molecule has 0 saturated heterocycles. The predicted molar refractivity (Wildman–Crippen MR) is 93.4 cm³/mol. The van der Waals surface area contributed by atoms with Crippen molar-refractivity contribution in [2.45, 2.75) is 51.9 Å². The first kappa shape index (κ1) is 14.5. The predicted octanol–water partition coefficient (Wildman–Crippen LogP) is 4.27. The van der Waals surface area contributed by atoms with Gasteiger partial charge < -0.3 is 9.13 Å². The van der Waals surface area contributed by atoms with Gasteiger partial charge in [-0.3, -0.25) is 4.90 Å². The SMILES string of the molecule is CCn1c(=S)n(CN(C)C(C2CC2)C2CC2)c2ccccc21. The van der Waals surface area contributed by atoms with E-state index in [0.717, 1.165) is 35.9 Å². The summed E-state index contributed by atoms with van der Waals surface area (Å²) in [5.41, 5.74) is 2.53. The zero-order chi connectivity index (χ0) is 15.3. The molecule has 118 valence electrons. The molecule has 2 aromatic rings. The molecule has 2 fully saturated rings. The first-order valence-corrected chi connectivity index (χ1v) is 9.00. The molecule has 0 radical (unpaired) electrons. The summed E-state index contributed by atoms with van der Waals surface area (Å²) >= 11 is 5.76. The molecule has 0 atom stereocenters. The number of aromatic nitrogens is 2. The molecule has 2 aliphatic carbocycles. The Morgan fingerprint density at radius 2 is 1.64 bits per heavy atom. The third-order valence-corrected chi connectivity index (χ3v) is 5.77. The van der Waals surface area contributed by atoms with Gasteiger partial charge in [0.25, 0.3) is 0 Å². The molecule has 1 aromatic heterocycles. The summed E-state index contributed by atoms with van der Waals surface area (Å²) in [5.74, 6) is 1.87. The molecule has 0 spiro atoms. The number of hydrogen-bond donors (Lipinski definition) is 0. The molecular weight excluding hydrogens is 290 g/mol. The maximum atomic E-state index is 5.76. The van der Waals surface area contributed by atoms with Gasteiger partial charge in [0.2, 0.25) is 0 Å². The fraction of sp³-hybridized carbons (Fsp3) is 0.611. The molecule has 1 aromatic carbocycles. The van der Waals surface area contributed by atoms with E-state index in [1.165, 1.54) is 36.7 Å². The quantitative estimate of drug-likeness (QED) is 0.739. The second-order valence-corrected chi connectivity index (χ2v) is 7.37. The average Bonchev–Trinajstić information content (AvgIpc) is 3.42. The summed E-state index contributed by atoms with van der Waals surface area (Å²) in [5, 5.41) is 0. The molecule has 3 nitrogen and oxygen atoms in total. The Hall–Kier alpha value is -1.13. The van der Waals surface area contributed by atoms with Crippen LogP contribution in [0.4, 0.5) is 0 Å². The number of aryl methyl sites for hydroxylation is 1. The van der Waals surface area contributed by atoms with E-state index in [4.69, 9.17) is 12.2 Å². The van der Waals surface area contributed by atoms with Crippen molar-refractivity contribution in [1.82, 2.24) is 14.0 Å². The molecule has 0 bridgehead atoms. The smallest absolute Gasteiger partial charge is 0.181 e. The number of fused-ring (bicyclic) bond motifs is 1. The van der Waals surface area contributed by atoms with Gasteiger partial charge in [-0.1, -0.05) is 12.1 Å². The Kier molecular flexibility index (Phi) is 3.61. The van der Waals surface area contributed by atoms with E-state index >= 15 is 0 Å². The third-order valence-electron chi connectivity index (χ3n) is 5.32. The lowest BCUT2D eigenvalue weighted by Crippen LogP contribution is -2.36. The number of benzene rings is 1. The monoisotopic (exact) mass is 315 g/mol. The molecule has 2 saturated carbocycles. The molecule has 0 amide bonds. The highest BCUT2D eigenvalue weighted by Gasteiger charge is 2.43. The van der Waals surface area contributed by atoms with E-state index in [0.29, 0.717) is 0 Å². The molecule has 2 aliphatic rings. The fourth-order valence-electron chi connectivity index (χ4n) is 4.01. The second kappa shape index (κ2) is 5.50. The van der Waals surface area contributed by atoms with Gasteiger partial charge >= 0.3 is 0 Å². The van der Waals surface area contributed by atoms with Gasteiger partial charge in [-0.25, -0.2) is 0 Å². The highest BCUT2D eigenvalue weighted by atomic mass is 32.1. The number of rotatable bonds is 6. The Bertz CT molecular complexity index is 724. The van der Waals surface area contributed by atoms with E-state index in [-0.39, 0.29) is 0 Å². The van der Waals surface area contributed by atoms with Gasteiger partial charge in [0.15, 0.2) is 4.77 Å². The van der Waals surface area contributed by atoms with E-state index in [9.17, 15) is 0 Å². The van der Waals surface area contributed by atoms with Crippen molar-refractivity contribution in [1.29, 1.82) is 0 Å². The van der Waals surface area contributed by atoms with Crippen molar-refractivity contribution in [2.24, 2.45) is 11.8 Å². The van der Waals surface area contributed by atoms with Gasteiger partial charge in [-0.15, -0.1) is 0 Å². The van der Waals surface area contributed by atoms with Gasteiger partial charge in [0, 0.05) is 12.6 Å². The number of para-hydroxylation sites is 2. The van der Waals surface area contributed by atoms with Crippen LogP contribution in [0, 0.1) is 16.6 Å². The third kappa shape index (κ3) is 2.42. The summed E-state index contributed by atoms with van der Waals surface area (Å²) in [6, 6.07) is 9.38. The van der Waals surface area contributed by atoms with Crippen molar-refractivity contribution >= 4 is 23.3 Å². The van der Waals surface area contributed by atoms with Crippen LogP contribution in [0.25, 0.3) is 11.0 Å². The van der Waals surface area contributed by atoms with Crippen molar-refractivity contribution in [3.63, 3.8) is 0 Å². The van der Waals surface area contributed by atoms with E-state index in [1.807, 2.05) is 0 Å². The van der Waals surface area contributed by atoms with Crippen LogP contribution in [0.3, 0.4) is 0 Å². The highest BCUT2D eigenvalue weighted by Crippen LogP contribution is 2.47. The summed E-state index contributed by atoms with van der Waals surface area (Å²) in [6.07, 6.45) is 5.70. The number of imidazole rings is 1. The lowest BCUT2D eigenvalue weighted by Gasteiger charge is -2.28. The molecular formula is C18H25N3S. The molecule has 22 heavy (non-hydrogen) atoms. The summed E-state index contributed by atoms with van der Waals surface area (Å²) in [7, 11) is 2.29. The standard InChI is InChI=1S/C18H25N3S/c1-3-20-15-6-4-5-7-16(15)21(18(20)22)12-19(2)17(13-8-9-13)14-10-11-14/h4-7,13-14,17H,3,8-12H2,1-2H3. The number of nitrogens with zero attached hydrogens (tertiary/aromatic N) is 3. The normalized spacial score (nSPS) is 18.7. The Morgan fingerprint density at radius 1 is 1.09 bits per heavy atom. The zero-order valence-corrected chi connectivity index (χ0v) is 14.4. The van der Waals surface area contributed by atoms with Crippen molar-refractivity contribution in [3.05, 3.63) is 29.0 Å². The molecule has 4 heteroatoms. The molecule has 1 heterocycles. The minimum absolute atomic E-state index is 0.769. The van der Waals surface area contributed by atoms with Crippen LogP contribution in [0.5, 0.6) is 0 Å². The molecule has 0 aliphatic heterocycles. The van der Waals surface area contributed by atoms with Crippen LogP contribution in [0.1, 0.15) is 32.6 Å². The van der Waals surface area contributed by atoms with Gasteiger partial charge in [0.1, 0.15) is 0 Å². The largest absolute Gasteiger partial charge is 0.317 e. The van der Waals surface area contributed by atoms with E-state index < -0.39 is 0 Å². The van der Waals surface area contributed by atoms with Crippen LogP contribution < -0.4 is 0 Å². The van der Waals surface area contributed by atoms with Gasteiger partial charge in [0.05, 0.1) is 17.7 Å². The maximum Gasteiger partial charge on any atom is 0.181 e. The minimum atomic E-state index is 0.769. The minimum Gasteiger partial charge on any atom is -0.317 e. The van der Waals surface area contributed by atoms with Gasteiger partial charge in [-0.05, 0) is 75.8 Å². The van der Waals surface area contributed by atoms with E-state index in [1.54, 1.807) is 0 Å². The van der Waals surface area contributed by atoms with Gasteiger partial charge in [-0.2, -0.15) is 0 Å². The number of hydrogen-bond acceptors (Lipinski definition) is 2. The Labute approximate surface area is 137 Å². The van der Waals surface area contributed by atoms with Crippen LogP contribution in [-0.2, 0) is 13.2 Å². The fourth-order valence-corrected chi connectivity index (χ4v) is 4.40. The first-order chi connectivity index (χ1) is 10.7. The van der Waals surface area contributed by atoms with E-state index in [2.05, 4.69) is 52.3 Å². The van der Waals surface area contributed by atoms with Crippen LogP contribution >= 0.6 is 12.2 Å². The molecule has 0 N–H and O–H groups in total. The first-order valence-electron chi connectivity index (χ1n) is 8.59. The van der Waals surface area contributed by atoms with Crippen molar-refractivity contribution < 1.29 is 0 Å². The summed E-state index contributed by atoms with van der Waals surface area (Å²) in [4.78, 5) is 2.57. The average molecular weight is 315 g/mol. The molecule has 0 unspecified atom stereocenters. The highest BCUT2D eigenvalue weighted by molar-refractivity contribution is 7.71. The topological polar surface area (TPSA) is 13.1 Å². The van der Waals surface area contributed by atoms with Crippen LogP contribution in [0.15, 0.2) is 24.3 Å². The molecule has 4 rings (SSSR count). The van der Waals surface area contributed by atoms with Crippen molar-refractivity contribution in [3.8, 4) is 0 Å². The Morgan fingerprint density at radius 3 is 2.14 bits per heavy atom. The lowest BCUT2D eigenvalue weighted by molar-refractivity contribution is 0.154. The van der Waals surface area contributed by atoms with Crippen LogP contribution in [0.2, 0.25) is 0 Å². The van der Waals surface area contributed by atoms with Crippen molar-refractivity contribution in [2.75, 3.05) is 7.05 Å². The lowest BCUT2D eigenvalue weighted by atomic mass is 10.1. The summed E-state index contributed by atoms with van der Waals surface area (Å²) in [6.45, 7) is 4.03.